The summed E-state index contributed by atoms with van der Waals surface area (Å²) in [5.41, 5.74) is 5.61. The summed E-state index contributed by atoms with van der Waals surface area (Å²) in [7, 11) is 0.836. The van der Waals surface area contributed by atoms with Gasteiger partial charge in [-0.3, -0.25) is 0 Å². The van der Waals surface area contributed by atoms with Crippen LogP contribution in [0.4, 0.5) is 0 Å². The van der Waals surface area contributed by atoms with Gasteiger partial charge in [0, 0.05) is 0 Å². The Morgan fingerprint density at radius 3 is 2.00 bits per heavy atom. The molecule has 1 heteroatoms. The van der Waals surface area contributed by atoms with E-state index >= 15 is 0 Å². The molecule has 0 amide bonds. The fourth-order valence-electron chi connectivity index (χ4n) is 0.208. The summed E-state index contributed by atoms with van der Waals surface area (Å²) in [5.74, 6) is 3.94. The van der Waals surface area contributed by atoms with Crippen LogP contribution in [0.2, 0.25) is 0 Å². The van der Waals surface area contributed by atoms with Crippen molar-refractivity contribution in [2.45, 2.75) is 0 Å². The minimum Gasteiger partial charge on any atom is -0.0696 e. The zero-order valence-corrected chi connectivity index (χ0v) is 3.65. The lowest BCUT2D eigenvalue weighted by Gasteiger charge is -1.56. The fourth-order valence-corrected chi connectivity index (χ4v) is 0.625. The zero-order valence-electron chi connectivity index (χ0n) is 2.65. The molecule has 1 aliphatic rings. The van der Waals surface area contributed by atoms with Gasteiger partial charge in [0.25, 0.3) is 0 Å². The van der Waals surface area contributed by atoms with Crippen molar-refractivity contribution >= 4 is 8.58 Å². The largest absolute Gasteiger partial charge is 0.0696 e. The third-order valence-corrected chi connectivity index (χ3v) is 1.02. The van der Waals surface area contributed by atoms with Crippen LogP contribution >= 0.6 is 8.58 Å². The van der Waals surface area contributed by atoms with Crippen molar-refractivity contribution in [3.8, 4) is 0 Å². The molecule has 5 heavy (non-hydrogen) atoms. The molecule has 0 aromatic rings. The zero-order chi connectivity index (χ0) is 3.54. The number of hydrogen-bond donors (Lipinski definition) is 0. The summed E-state index contributed by atoms with van der Waals surface area (Å²) in [6.45, 7) is 0. The average molecular weight is 82.0 g/mol. The van der Waals surface area contributed by atoms with E-state index in [0.717, 1.165) is 8.58 Å². The fraction of sp³-hybridized carbons (Fsp3) is 0. The van der Waals surface area contributed by atoms with Crippen molar-refractivity contribution in [3.63, 3.8) is 0 Å². The van der Waals surface area contributed by atoms with Crippen molar-refractivity contribution in [1.82, 2.24) is 0 Å². The Kier molecular flexibility index (Phi) is 0.731. The van der Waals surface area contributed by atoms with Gasteiger partial charge in [-0.15, -0.1) is 0 Å². The van der Waals surface area contributed by atoms with Crippen LogP contribution < -0.4 is 0 Å². The van der Waals surface area contributed by atoms with E-state index in [1.54, 1.807) is 0 Å². The van der Waals surface area contributed by atoms with Gasteiger partial charge in [0.2, 0.25) is 0 Å². The van der Waals surface area contributed by atoms with E-state index < -0.39 is 0 Å². The molecule has 1 heterocycles. The van der Waals surface area contributed by atoms with Gasteiger partial charge in [0.1, 0.15) is 0 Å². The van der Waals surface area contributed by atoms with Gasteiger partial charge < -0.3 is 0 Å². The van der Waals surface area contributed by atoms with Crippen molar-refractivity contribution < 1.29 is 0 Å². The highest BCUT2D eigenvalue weighted by Crippen LogP contribution is 2.13. The third-order valence-electron chi connectivity index (χ3n) is 0.394. The molecule has 0 N–H and O–H groups in total. The normalized spacial score (nSPS) is 14.4. The first-order valence-corrected chi connectivity index (χ1v) is 2.56. The molecule has 24 valence electrons. The van der Waals surface area contributed by atoms with Crippen molar-refractivity contribution in [2.75, 3.05) is 0 Å². The van der Waals surface area contributed by atoms with Crippen LogP contribution in [0, 0.1) is 0 Å². The molecule has 1 aliphatic heterocycles. The minimum atomic E-state index is 0.836. The predicted octanol–water partition coefficient (Wildman–Crippen LogP) is 1.46. The Bertz CT molecular complexity index is 97.6. The van der Waals surface area contributed by atoms with Crippen molar-refractivity contribution in [3.05, 3.63) is 23.1 Å². The first-order chi connectivity index (χ1) is 2.50. The van der Waals surface area contributed by atoms with Gasteiger partial charge in [0.15, 0.2) is 0 Å². The molecular formula is C4H3P. The summed E-state index contributed by atoms with van der Waals surface area (Å²) < 4.78 is 0. The third kappa shape index (κ3) is 0.499. The van der Waals surface area contributed by atoms with Gasteiger partial charge in [-0.25, -0.2) is 0 Å². The Hall–Kier alpha value is -0.270. The highest BCUT2D eigenvalue weighted by Gasteiger charge is 1.66. The first kappa shape index (κ1) is 2.94. The van der Waals surface area contributed by atoms with Crippen LogP contribution in [0.25, 0.3) is 0 Å². The number of hydrogen-bond acceptors (Lipinski definition) is 0. The second-order valence-electron chi connectivity index (χ2n) is 0.744. The number of rotatable bonds is 0. The van der Waals surface area contributed by atoms with Crippen LogP contribution in [-0.2, 0) is 0 Å². The summed E-state index contributed by atoms with van der Waals surface area (Å²) in [5, 5.41) is 0. The van der Waals surface area contributed by atoms with E-state index in [2.05, 4.69) is 11.5 Å². The van der Waals surface area contributed by atoms with Gasteiger partial charge >= 0.3 is 0 Å². The molecule has 0 saturated heterocycles. The quantitative estimate of drug-likeness (QED) is 0.306. The van der Waals surface area contributed by atoms with E-state index in [4.69, 9.17) is 0 Å². The molecule has 0 fully saturated rings. The highest BCUT2D eigenvalue weighted by molar-refractivity contribution is 7.45. The van der Waals surface area contributed by atoms with Crippen LogP contribution in [0.15, 0.2) is 23.1 Å². The molecule has 0 unspecified atom stereocenters. The maximum absolute atomic E-state index is 2.80. The summed E-state index contributed by atoms with van der Waals surface area (Å²) in [6, 6.07) is 0. The van der Waals surface area contributed by atoms with Gasteiger partial charge in [-0.05, 0) is 11.6 Å². The molecule has 0 atom stereocenters. The van der Waals surface area contributed by atoms with E-state index in [9.17, 15) is 0 Å². The maximum Gasteiger partial charge on any atom is -0.00854 e. The Morgan fingerprint density at radius 2 is 1.80 bits per heavy atom. The summed E-state index contributed by atoms with van der Waals surface area (Å²) in [4.78, 5) is 0. The van der Waals surface area contributed by atoms with E-state index in [1.165, 1.54) is 0 Å². The molecule has 0 aliphatic carbocycles. The summed E-state index contributed by atoms with van der Waals surface area (Å²) >= 11 is 0. The van der Waals surface area contributed by atoms with Gasteiger partial charge in [-0.1, -0.05) is 20.0 Å². The molecule has 0 nitrogen and oxygen atoms in total. The Balaban J connectivity index is 3.17. The topological polar surface area (TPSA) is 0 Å². The molecule has 0 bridgehead atoms. The predicted molar refractivity (Wildman–Crippen MR) is 24.5 cm³/mol. The van der Waals surface area contributed by atoms with Crippen LogP contribution in [0.5, 0.6) is 0 Å². The minimum absolute atomic E-state index is 0.836. The Morgan fingerprint density at radius 1 is 1.20 bits per heavy atom. The SMILES string of the molecule is C1=C=CPC=1. The van der Waals surface area contributed by atoms with Crippen LogP contribution in [0.3, 0.4) is 0 Å². The van der Waals surface area contributed by atoms with Crippen LogP contribution in [0.1, 0.15) is 0 Å². The molecule has 0 radical (unpaired) electrons. The van der Waals surface area contributed by atoms with Gasteiger partial charge in [-0.2, -0.15) is 0 Å². The molecule has 0 saturated carbocycles. The monoisotopic (exact) mass is 82.0 g/mol. The molecular weight excluding hydrogens is 79.0 g/mol. The molecule has 0 aromatic carbocycles. The highest BCUT2D eigenvalue weighted by atomic mass is 31.1. The van der Waals surface area contributed by atoms with E-state index in [1.807, 2.05) is 11.6 Å². The lowest BCUT2D eigenvalue weighted by atomic mass is 10.9. The Labute approximate surface area is 32.7 Å². The van der Waals surface area contributed by atoms with Gasteiger partial charge in [0.05, 0.1) is 0 Å². The summed E-state index contributed by atoms with van der Waals surface area (Å²) in [6.07, 6.45) is 0. The first-order valence-electron chi connectivity index (χ1n) is 1.40. The van der Waals surface area contributed by atoms with E-state index in [0.29, 0.717) is 0 Å². The lowest BCUT2D eigenvalue weighted by molar-refractivity contribution is 2.37. The second kappa shape index (κ2) is 1.24. The smallest absolute Gasteiger partial charge is 0.00854 e. The maximum atomic E-state index is 2.80. The van der Waals surface area contributed by atoms with E-state index in [-0.39, 0.29) is 0 Å². The lowest BCUT2D eigenvalue weighted by Crippen LogP contribution is -1.11. The second-order valence-corrected chi connectivity index (χ2v) is 1.65. The van der Waals surface area contributed by atoms with Crippen molar-refractivity contribution in [2.24, 2.45) is 0 Å². The standard InChI is InChI=1S/C4H3P/c1-2-4-5-3-1/h3-5H. The van der Waals surface area contributed by atoms with Crippen LogP contribution in [-0.4, -0.2) is 0 Å². The molecule has 0 spiro atoms. The molecule has 1 rings (SSSR count). The molecule has 0 aromatic heterocycles. The van der Waals surface area contributed by atoms with Crippen molar-refractivity contribution in [1.29, 1.82) is 0 Å². The average Bonchev–Trinajstić information content (AvgIpc) is 1.76.